The molecule has 1 aliphatic heterocycles. The van der Waals surface area contributed by atoms with Gasteiger partial charge in [0.15, 0.2) is 0 Å². The number of aromatic nitrogens is 3. The predicted octanol–water partition coefficient (Wildman–Crippen LogP) is 2.78. The van der Waals surface area contributed by atoms with Crippen molar-refractivity contribution >= 4 is 22.8 Å². The molecule has 0 bridgehead atoms. The Morgan fingerprint density at radius 3 is 2.58 bits per heavy atom. The van der Waals surface area contributed by atoms with E-state index in [1.54, 1.807) is 10.6 Å². The number of fused-ring (bicyclic) bond motifs is 1. The van der Waals surface area contributed by atoms with E-state index in [0.29, 0.717) is 12.2 Å². The Balaban J connectivity index is 1.86. The number of anilines is 1. The fourth-order valence-corrected chi connectivity index (χ4v) is 3.33. The van der Waals surface area contributed by atoms with E-state index in [-0.39, 0.29) is 5.69 Å². The fraction of sp³-hybridized carbons (Fsp3) is 0.278. The summed E-state index contributed by atoms with van der Waals surface area (Å²) < 4.78 is 1.76. The van der Waals surface area contributed by atoms with Crippen molar-refractivity contribution in [1.29, 1.82) is 0 Å². The van der Waals surface area contributed by atoms with Gasteiger partial charge < -0.3 is 14.6 Å². The average Bonchev–Trinajstić information content (AvgIpc) is 3.24. The molecule has 0 radical (unpaired) electrons. The summed E-state index contributed by atoms with van der Waals surface area (Å²) in [6.45, 7) is 2.39. The zero-order valence-corrected chi connectivity index (χ0v) is 13.2. The van der Waals surface area contributed by atoms with Gasteiger partial charge in [0.1, 0.15) is 23.5 Å². The van der Waals surface area contributed by atoms with Crippen LogP contribution in [0.1, 0.15) is 28.9 Å². The average molecular weight is 322 g/mol. The molecule has 0 aliphatic carbocycles. The number of carbonyl (C=O) groups is 1. The molecule has 6 nitrogen and oxygen atoms in total. The molecule has 6 heteroatoms. The molecule has 122 valence electrons. The van der Waals surface area contributed by atoms with E-state index >= 15 is 0 Å². The number of carboxylic acid groups (broad SMARTS) is 1. The van der Waals surface area contributed by atoms with E-state index in [1.165, 1.54) is 6.33 Å². The SMILES string of the molecule is O=C(O)c1cc2c(N3CCCC3)ncnc2n1Cc1ccccc1. The second-order valence-corrected chi connectivity index (χ2v) is 6.04. The maximum Gasteiger partial charge on any atom is 0.352 e. The van der Waals surface area contributed by atoms with Crippen LogP contribution in [0.3, 0.4) is 0 Å². The monoisotopic (exact) mass is 322 g/mol. The van der Waals surface area contributed by atoms with E-state index in [4.69, 9.17) is 0 Å². The summed E-state index contributed by atoms with van der Waals surface area (Å²) in [6, 6.07) is 11.5. The molecule has 1 saturated heterocycles. The molecule has 1 N–H and O–H groups in total. The largest absolute Gasteiger partial charge is 0.477 e. The molecule has 1 aromatic carbocycles. The number of carboxylic acids is 1. The van der Waals surface area contributed by atoms with Crippen LogP contribution in [0, 0.1) is 0 Å². The number of nitrogens with zero attached hydrogens (tertiary/aromatic N) is 4. The van der Waals surface area contributed by atoms with Crippen molar-refractivity contribution in [3.8, 4) is 0 Å². The summed E-state index contributed by atoms with van der Waals surface area (Å²) in [5.41, 5.74) is 1.96. The second kappa shape index (κ2) is 5.96. The maximum absolute atomic E-state index is 11.7. The van der Waals surface area contributed by atoms with Gasteiger partial charge in [0.2, 0.25) is 0 Å². The third-order valence-electron chi connectivity index (χ3n) is 4.48. The third-order valence-corrected chi connectivity index (χ3v) is 4.48. The van der Waals surface area contributed by atoms with Crippen LogP contribution in [0.15, 0.2) is 42.7 Å². The number of benzene rings is 1. The topological polar surface area (TPSA) is 71.2 Å². The van der Waals surface area contributed by atoms with Gasteiger partial charge in [-0.05, 0) is 24.5 Å². The molecule has 1 aliphatic rings. The summed E-state index contributed by atoms with van der Waals surface area (Å²) in [6.07, 6.45) is 3.81. The number of rotatable bonds is 4. The Kier molecular flexibility index (Phi) is 3.65. The third kappa shape index (κ3) is 2.50. The minimum Gasteiger partial charge on any atom is -0.477 e. The highest BCUT2D eigenvalue weighted by Crippen LogP contribution is 2.29. The molecule has 3 heterocycles. The molecule has 3 aromatic rings. The van der Waals surface area contributed by atoms with Crippen molar-refractivity contribution in [3.63, 3.8) is 0 Å². The van der Waals surface area contributed by atoms with Gasteiger partial charge in [0.05, 0.1) is 5.39 Å². The van der Waals surface area contributed by atoms with Crippen molar-refractivity contribution in [2.45, 2.75) is 19.4 Å². The van der Waals surface area contributed by atoms with E-state index in [2.05, 4.69) is 14.9 Å². The van der Waals surface area contributed by atoms with Crippen LogP contribution in [0.2, 0.25) is 0 Å². The van der Waals surface area contributed by atoms with E-state index in [1.807, 2.05) is 30.3 Å². The summed E-state index contributed by atoms with van der Waals surface area (Å²) in [7, 11) is 0. The van der Waals surface area contributed by atoms with Crippen molar-refractivity contribution in [2.24, 2.45) is 0 Å². The fourth-order valence-electron chi connectivity index (χ4n) is 3.33. The molecule has 0 saturated carbocycles. The van der Waals surface area contributed by atoms with Gasteiger partial charge >= 0.3 is 5.97 Å². The Morgan fingerprint density at radius 1 is 1.12 bits per heavy atom. The summed E-state index contributed by atoms with van der Waals surface area (Å²) in [5, 5.41) is 10.4. The highest BCUT2D eigenvalue weighted by Gasteiger charge is 2.22. The van der Waals surface area contributed by atoms with Gasteiger partial charge in [0.25, 0.3) is 0 Å². The van der Waals surface area contributed by atoms with Gasteiger partial charge in [-0.1, -0.05) is 30.3 Å². The number of hydrogen-bond acceptors (Lipinski definition) is 4. The first-order valence-electron chi connectivity index (χ1n) is 8.10. The highest BCUT2D eigenvalue weighted by molar-refractivity contribution is 5.97. The summed E-state index contributed by atoms with van der Waals surface area (Å²) in [5.74, 6) is -0.108. The lowest BCUT2D eigenvalue weighted by molar-refractivity contribution is 0.0686. The molecule has 0 amide bonds. The molecule has 0 spiro atoms. The Hall–Kier alpha value is -2.89. The first kappa shape index (κ1) is 14.7. The van der Waals surface area contributed by atoms with E-state index < -0.39 is 5.97 Å². The Labute approximate surface area is 139 Å². The minimum absolute atomic E-state index is 0.245. The van der Waals surface area contributed by atoms with Crippen LogP contribution in [-0.4, -0.2) is 38.7 Å². The van der Waals surface area contributed by atoms with Crippen molar-refractivity contribution in [1.82, 2.24) is 14.5 Å². The smallest absolute Gasteiger partial charge is 0.352 e. The zero-order valence-electron chi connectivity index (χ0n) is 13.2. The van der Waals surface area contributed by atoms with Gasteiger partial charge in [0, 0.05) is 19.6 Å². The van der Waals surface area contributed by atoms with Crippen LogP contribution in [0.5, 0.6) is 0 Å². The van der Waals surface area contributed by atoms with Crippen LogP contribution in [-0.2, 0) is 6.54 Å². The summed E-state index contributed by atoms with van der Waals surface area (Å²) >= 11 is 0. The summed E-state index contributed by atoms with van der Waals surface area (Å²) in [4.78, 5) is 22.7. The Morgan fingerprint density at radius 2 is 1.88 bits per heavy atom. The molecular formula is C18H18N4O2. The molecule has 1 fully saturated rings. The van der Waals surface area contributed by atoms with Gasteiger partial charge in [-0.3, -0.25) is 0 Å². The van der Waals surface area contributed by atoms with Crippen LogP contribution in [0.4, 0.5) is 5.82 Å². The molecule has 0 unspecified atom stereocenters. The van der Waals surface area contributed by atoms with Crippen LogP contribution >= 0.6 is 0 Å². The van der Waals surface area contributed by atoms with Gasteiger partial charge in [-0.25, -0.2) is 14.8 Å². The lowest BCUT2D eigenvalue weighted by atomic mass is 10.2. The normalized spacial score (nSPS) is 14.4. The lowest BCUT2D eigenvalue weighted by Gasteiger charge is -2.16. The lowest BCUT2D eigenvalue weighted by Crippen LogP contribution is -2.19. The molecule has 0 atom stereocenters. The zero-order chi connectivity index (χ0) is 16.5. The first-order valence-corrected chi connectivity index (χ1v) is 8.10. The highest BCUT2D eigenvalue weighted by atomic mass is 16.4. The molecule has 4 rings (SSSR count). The maximum atomic E-state index is 11.7. The van der Waals surface area contributed by atoms with Crippen LogP contribution < -0.4 is 4.90 Å². The first-order chi connectivity index (χ1) is 11.7. The number of aromatic carboxylic acids is 1. The van der Waals surface area contributed by atoms with Gasteiger partial charge in [-0.2, -0.15) is 0 Å². The minimum atomic E-state index is -0.948. The molecule has 2 aromatic heterocycles. The number of hydrogen-bond donors (Lipinski definition) is 1. The predicted molar refractivity (Wildman–Crippen MR) is 91.5 cm³/mol. The van der Waals surface area contributed by atoms with Crippen molar-refractivity contribution in [3.05, 3.63) is 54.0 Å². The standard InChI is InChI=1S/C18H18N4O2/c23-18(24)15-10-14-16(21-8-4-5-9-21)19-12-20-17(14)22(15)11-13-6-2-1-3-7-13/h1-3,6-7,10,12H,4-5,8-9,11H2,(H,23,24). The van der Waals surface area contributed by atoms with E-state index in [9.17, 15) is 9.90 Å². The quantitative estimate of drug-likeness (QED) is 0.800. The molecular weight excluding hydrogens is 304 g/mol. The van der Waals surface area contributed by atoms with Crippen molar-refractivity contribution < 1.29 is 9.90 Å². The van der Waals surface area contributed by atoms with Gasteiger partial charge in [-0.15, -0.1) is 0 Å². The van der Waals surface area contributed by atoms with Crippen LogP contribution in [0.25, 0.3) is 11.0 Å². The Bertz CT molecular complexity index is 883. The van der Waals surface area contributed by atoms with E-state index in [0.717, 1.165) is 42.7 Å². The van der Waals surface area contributed by atoms with Crippen molar-refractivity contribution in [2.75, 3.05) is 18.0 Å². The second-order valence-electron chi connectivity index (χ2n) is 6.04. The molecule has 24 heavy (non-hydrogen) atoms.